The minimum atomic E-state index is 0.753. The second kappa shape index (κ2) is 6.54. The maximum Gasteiger partial charge on any atom is 0.155 e. The molecule has 7 nitrogen and oxygen atoms in total. The average molecular weight is 369 g/mol. The van der Waals surface area contributed by atoms with Crippen molar-refractivity contribution >= 4 is 22.1 Å². The van der Waals surface area contributed by atoms with Gasteiger partial charge < -0.3 is 9.88 Å². The van der Waals surface area contributed by atoms with Crippen molar-refractivity contribution in [2.45, 2.75) is 6.54 Å². The molecule has 0 bridgehead atoms. The molecule has 7 heteroatoms. The summed E-state index contributed by atoms with van der Waals surface area (Å²) in [5.74, 6) is 0. The molecule has 5 aromatic heterocycles. The summed E-state index contributed by atoms with van der Waals surface area (Å²) in [6.45, 7) is 0.843. The first-order valence-electron chi connectivity index (χ1n) is 9.04. The van der Waals surface area contributed by atoms with Gasteiger partial charge in [-0.25, -0.2) is 4.98 Å². The third-order valence-electron chi connectivity index (χ3n) is 4.69. The molecule has 5 heterocycles. The molecule has 0 aliphatic heterocycles. The van der Waals surface area contributed by atoms with Gasteiger partial charge in [0.05, 0.1) is 16.7 Å². The van der Waals surface area contributed by atoms with Gasteiger partial charge in [-0.2, -0.15) is 5.10 Å². The largest absolute Gasteiger partial charge is 0.352 e. The average Bonchev–Trinajstić information content (AvgIpc) is 3.30. The van der Waals surface area contributed by atoms with E-state index in [2.05, 4.69) is 47.2 Å². The van der Waals surface area contributed by atoms with Gasteiger partial charge in [-0.05, 0) is 50.0 Å². The smallest absolute Gasteiger partial charge is 0.155 e. The number of rotatable bonds is 4. The number of hydrogen-bond donors (Lipinski definition) is 2. The Morgan fingerprint density at radius 3 is 2.75 bits per heavy atom. The SMILES string of the molecule is CN(C)Cc1cncc(-c2cnc3[nH]nc(-c4cc5ncccc5[nH]4)c3c2)c1. The zero-order chi connectivity index (χ0) is 19.1. The normalized spacial score (nSPS) is 11.7. The van der Waals surface area contributed by atoms with Crippen molar-refractivity contribution < 1.29 is 0 Å². The van der Waals surface area contributed by atoms with Crippen LogP contribution in [0.25, 0.3) is 44.6 Å². The van der Waals surface area contributed by atoms with Crippen molar-refractivity contribution in [1.82, 2.24) is 35.0 Å². The van der Waals surface area contributed by atoms with E-state index in [1.54, 1.807) is 6.20 Å². The molecule has 5 rings (SSSR count). The van der Waals surface area contributed by atoms with Crippen molar-refractivity contribution in [2.24, 2.45) is 0 Å². The van der Waals surface area contributed by atoms with E-state index in [-0.39, 0.29) is 0 Å². The van der Waals surface area contributed by atoms with Crippen molar-refractivity contribution in [2.75, 3.05) is 14.1 Å². The Bertz CT molecular complexity index is 1250. The van der Waals surface area contributed by atoms with E-state index in [1.807, 2.05) is 50.9 Å². The van der Waals surface area contributed by atoms with Crippen molar-refractivity contribution in [1.29, 1.82) is 0 Å². The maximum absolute atomic E-state index is 4.56. The van der Waals surface area contributed by atoms with Gasteiger partial charge >= 0.3 is 0 Å². The molecule has 0 aromatic carbocycles. The second-order valence-electron chi connectivity index (χ2n) is 7.13. The number of pyridine rings is 3. The Balaban J connectivity index is 1.60. The first kappa shape index (κ1) is 16.6. The molecule has 0 saturated heterocycles. The Morgan fingerprint density at radius 2 is 1.89 bits per heavy atom. The van der Waals surface area contributed by atoms with E-state index in [0.717, 1.165) is 56.7 Å². The molecule has 138 valence electrons. The lowest BCUT2D eigenvalue weighted by Gasteiger charge is -2.10. The predicted molar refractivity (Wildman–Crippen MR) is 110 cm³/mol. The lowest BCUT2D eigenvalue weighted by atomic mass is 10.1. The minimum absolute atomic E-state index is 0.753. The van der Waals surface area contributed by atoms with Crippen LogP contribution in [0.1, 0.15) is 5.56 Å². The fraction of sp³-hybridized carbons (Fsp3) is 0.143. The van der Waals surface area contributed by atoms with Gasteiger partial charge in [0.2, 0.25) is 0 Å². The highest BCUT2D eigenvalue weighted by Gasteiger charge is 2.13. The molecule has 0 aliphatic rings. The Morgan fingerprint density at radius 1 is 1.00 bits per heavy atom. The maximum atomic E-state index is 4.56. The minimum Gasteiger partial charge on any atom is -0.352 e. The quantitative estimate of drug-likeness (QED) is 0.505. The third kappa shape index (κ3) is 2.91. The summed E-state index contributed by atoms with van der Waals surface area (Å²) >= 11 is 0. The highest BCUT2D eigenvalue weighted by Crippen LogP contribution is 2.30. The van der Waals surface area contributed by atoms with Gasteiger partial charge in [0.25, 0.3) is 0 Å². The summed E-state index contributed by atoms with van der Waals surface area (Å²) in [4.78, 5) is 18.9. The predicted octanol–water partition coefficient (Wildman–Crippen LogP) is 3.62. The Hall–Kier alpha value is -3.58. The van der Waals surface area contributed by atoms with E-state index in [1.165, 1.54) is 0 Å². The van der Waals surface area contributed by atoms with Gasteiger partial charge in [-0.3, -0.25) is 15.1 Å². The van der Waals surface area contributed by atoms with Crippen LogP contribution in [0.5, 0.6) is 0 Å². The van der Waals surface area contributed by atoms with Crippen LogP contribution in [0.4, 0.5) is 0 Å². The first-order valence-corrected chi connectivity index (χ1v) is 9.04. The molecule has 0 spiro atoms. The zero-order valence-electron chi connectivity index (χ0n) is 15.6. The summed E-state index contributed by atoms with van der Waals surface area (Å²) in [6, 6.07) is 10.2. The summed E-state index contributed by atoms with van der Waals surface area (Å²) < 4.78 is 0. The molecule has 0 fully saturated rings. The number of nitrogens with zero attached hydrogens (tertiary/aromatic N) is 5. The molecule has 0 amide bonds. The fourth-order valence-corrected chi connectivity index (χ4v) is 3.45. The lowest BCUT2D eigenvalue weighted by Crippen LogP contribution is -2.10. The van der Waals surface area contributed by atoms with E-state index >= 15 is 0 Å². The van der Waals surface area contributed by atoms with Gasteiger partial charge in [0.1, 0.15) is 5.69 Å². The van der Waals surface area contributed by atoms with Gasteiger partial charge in [0, 0.05) is 47.8 Å². The molecule has 2 N–H and O–H groups in total. The standard InChI is InChI=1S/C21H19N7/c1-28(2)12-13-6-14(10-22-9-13)15-7-16-20(26-27-21(16)24-11-15)19-8-18-17(25-19)4-3-5-23-18/h3-11,25H,12H2,1-2H3,(H,24,26,27). The van der Waals surface area contributed by atoms with Crippen LogP contribution in [-0.4, -0.2) is 49.1 Å². The Labute approximate surface area is 161 Å². The third-order valence-corrected chi connectivity index (χ3v) is 4.69. The summed E-state index contributed by atoms with van der Waals surface area (Å²) in [5, 5.41) is 8.47. The summed E-state index contributed by atoms with van der Waals surface area (Å²) in [7, 11) is 4.10. The molecule has 5 aromatic rings. The van der Waals surface area contributed by atoms with E-state index < -0.39 is 0 Å². The number of H-pyrrole nitrogens is 2. The van der Waals surface area contributed by atoms with Crippen LogP contribution in [0.2, 0.25) is 0 Å². The van der Waals surface area contributed by atoms with Gasteiger partial charge in [-0.1, -0.05) is 0 Å². The molecule has 0 saturated carbocycles. The highest BCUT2D eigenvalue weighted by molar-refractivity contribution is 5.95. The van der Waals surface area contributed by atoms with Crippen molar-refractivity contribution in [3.8, 4) is 22.5 Å². The molecule has 0 aliphatic carbocycles. The van der Waals surface area contributed by atoms with Crippen LogP contribution in [0, 0.1) is 0 Å². The van der Waals surface area contributed by atoms with Crippen LogP contribution < -0.4 is 0 Å². The lowest BCUT2D eigenvalue weighted by molar-refractivity contribution is 0.402. The monoisotopic (exact) mass is 369 g/mol. The Kier molecular flexibility index (Phi) is 3.87. The van der Waals surface area contributed by atoms with Gasteiger partial charge in [-0.15, -0.1) is 0 Å². The summed E-state index contributed by atoms with van der Waals surface area (Å²) in [5.41, 5.74) is 7.62. The second-order valence-corrected chi connectivity index (χ2v) is 7.13. The van der Waals surface area contributed by atoms with Gasteiger partial charge in [0.15, 0.2) is 5.65 Å². The first-order chi connectivity index (χ1) is 13.7. The number of hydrogen-bond acceptors (Lipinski definition) is 5. The molecular formula is C21H19N7. The number of aromatic nitrogens is 6. The molecule has 28 heavy (non-hydrogen) atoms. The number of nitrogens with one attached hydrogen (secondary N) is 2. The zero-order valence-corrected chi connectivity index (χ0v) is 15.6. The van der Waals surface area contributed by atoms with E-state index in [4.69, 9.17) is 0 Å². The van der Waals surface area contributed by atoms with Crippen molar-refractivity contribution in [3.63, 3.8) is 0 Å². The molecule has 0 atom stereocenters. The number of aromatic amines is 2. The highest BCUT2D eigenvalue weighted by atomic mass is 15.2. The fourth-order valence-electron chi connectivity index (χ4n) is 3.45. The van der Waals surface area contributed by atoms with Crippen LogP contribution in [0.3, 0.4) is 0 Å². The van der Waals surface area contributed by atoms with Crippen molar-refractivity contribution in [3.05, 3.63) is 60.7 Å². The van der Waals surface area contributed by atoms with E-state index in [9.17, 15) is 0 Å². The summed E-state index contributed by atoms with van der Waals surface area (Å²) in [6.07, 6.45) is 7.41. The van der Waals surface area contributed by atoms with E-state index in [0.29, 0.717) is 0 Å². The molecule has 0 unspecified atom stereocenters. The van der Waals surface area contributed by atoms with Crippen LogP contribution in [0.15, 0.2) is 55.1 Å². The topological polar surface area (TPSA) is 86.4 Å². The molecular weight excluding hydrogens is 350 g/mol. The van der Waals surface area contributed by atoms with Crippen LogP contribution >= 0.6 is 0 Å². The van der Waals surface area contributed by atoms with Crippen LogP contribution in [-0.2, 0) is 6.54 Å². The number of fused-ring (bicyclic) bond motifs is 2. The molecule has 0 radical (unpaired) electrons.